The molecule has 1 aromatic rings. The number of benzene rings is 1. The summed E-state index contributed by atoms with van der Waals surface area (Å²) in [5, 5.41) is 3.17. The van der Waals surface area contributed by atoms with Crippen molar-refractivity contribution in [2.24, 2.45) is 11.5 Å². The fourth-order valence-corrected chi connectivity index (χ4v) is 2.55. The first-order valence-corrected chi connectivity index (χ1v) is 6.17. The maximum atomic E-state index is 11.7. The maximum Gasteiger partial charge on any atom is 0.256 e. The van der Waals surface area contributed by atoms with Gasteiger partial charge in [0.1, 0.15) is 17.1 Å². The van der Waals surface area contributed by atoms with Crippen LogP contribution in [0.2, 0.25) is 0 Å². The van der Waals surface area contributed by atoms with E-state index in [-0.39, 0.29) is 11.5 Å². The molecule has 1 amide bonds. The van der Waals surface area contributed by atoms with Gasteiger partial charge in [0.05, 0.1) is 5.69 Å². The van der Waals surface area contributed by atoms with Gasteiger partial charge in [-0.2, -0.15) is 0 Å². The van der Waals surface area contributed by atoms with E-state index in [1.165, 1.54) is 0 Å². The number of hydrogen-bond donors (Lipinski definition) is 3. The summed E-state index contributed by atoms with van der Waals surface area (Å²) in [6.45, 7) is 3.65. The zero-order valence-corrected chi connectivity index (χ0v) is 11.2. The molecule has 2 aliphatic heterocycles. The lowest BCUT2D eigenvalue weighted by molar-refractivity contribution is -0.116. The summed E-state index contributed by atoms with van der Waals surface area (Å²) in [5.74, 6) is 0.468. The number of fused-ring (bicyclic) bond motifs is 1. The third kappa shape index (κ3) is 1.61. The Morgan fingerprint density at radius 2 is 2.10 bits per heavy atom. The van der Waals surface area contributed by atoms with E-state index in [2.05, 4.69) is 5.32 Å². The molecule has 6 heteroatoms. The molecule has 0 saturated carbocycles. The Bertz CT molecular complexity index is 678. The second-order valence-electron chi connectivity index (χ2n) is 4.87. The first-order chi connectivity index (χ1) is 9.43. The van der Waals surface area contributed by atoms with Crippen LogP contribution >= 0.6 is 0 Å². The van der Waals surface area contributed by atoms with Gasteiger partial charge in [0.25, 0.3) is 5.91 Å². The molecule has 2 heterocycles. The number of allylic oxidation sites excluding steroid dienone is 1. The molecule has 1 spiro atoms. The Balaban J connectivity index is 2.16. The molecule has 0 saturated heterocycles. The molecule has 0 unspecified atom stereocenters. The second-order valence-corrected chi connectivity index (χ2v) is 4.87. The highest BCUT2D eigenvalue weighted by Gasteiger charge is 2.48. The summed E-state index contributed by atoms with van der Waals surface area (Å²) in [6, 6.07) is 5.69. The van der Waals surface area contributed by atoms with Crippen LogP contribution in [0.1, 0.15) is 12.5 Å². The van der Waals surface area contributed by atoms with Gasteiger partial charge in [0.2, 0.25) is 11.6 Å². The molecule has 3 rings (SSSR count). The molecule has 2 aliphatic rings. The Morgan fingerprint density at radius 3 is 2.75 bits per heavy atom. The van der Waals surface area contributed by atoms with E-state index >= 15 is 0 Å². The second kappa shape index (κ2) is 3.93. The number of nitrogens with one attached hydrogen (secondary N) is 1. The van der Waals surface area contributed by atoms with Gasteiger partial charge < -0.3 is 26.3 Å². The van der Waals surface area contributed by atoms with Gasteiger partial charge in [-0.1, -0.05) is 12.1 Å². The van der Waals surface area contributed by atoms with Gasteiger partial charge in [0, 0.05) is 6.08 Å². The van der Waals surface area contributed by atoms with E-state index in [1.807, 2.05) is 25.1 Å². The minimum atomic E-state index is -1.20. The number of aryl methyl sites for hydroxylation is 1. The van der Waals surface area contributed by atoms with Crippen molar-refractivity contribution in [2.45, 2.75) is 19.6 Å². The summed E-state index contributed by atoms with van der Waals surface area (Å²) >= 11 is 0. The number of anilines is 1. The van der Waals surface area contributed by atoms with Gasteiger partial charge in [-0.3, -0.25) is 4.79 Å². The van der Waals surface area contributed by atoms with Gasteiger partial charge >= 0.3 is 0 Å². The highest BCUT2D eigenvalue weighted by molar-refractivity contribution is 5.97. The largest absolute Gasteiger partial charge is 0.457 e. The fraction of sp³-hybridized carbons (Fsp3) is 0.214. The van der Waals surface area contributed by atoms with E-state index in [9.17, 15) is 4.79 Å². The van der Waals surface area contributed by atoms with Crippen LogP contribution in [0.5, 0.6) is 5.75 Å². The van der Waals surface area contributed by atoms with Gasteiger partial charge in [-0.15, -0.1) is 0 Å². The maximum absolute atomic E-state index is 11.7. The molecular formula is C14H15N3O3. The topological polar surface area (TPSA) is 99.6 Å². The molecule has 0 radical (unpaired) electrons. The van der Waals surface area contributed by atoms with E-state index in [1.54, 1.807) is 13.0 Å². The van der Waals surface area contributed by atoms with Gasteiger partial charge in [-0.05, 0) is 25.5 Å². The summed E-state index contributed by atoms with van der Waals surface area (Å²) < 4.78 is 11.2. The van der Waals surface area contributed by atoms with Crippen LogP contribution in [-0.4, -0.2) is 11.6 Å². The minimum Gasteiger partial charge on any atom is -0.457 e. The van der Waals surface area contributed by atoms with Crippen LogP contribution < -0.4 is 21.5 Å². The van der Waals surface area contributed by atoms with Gasteiger partial charge in [-0.25, -0.2) is 0 Å². The fourth-order valence-electron chi connectivity index (χ4n) is 2.55. The number of ether oxygens (including phenoxy) is 2. The van der Waals surface area contributed by atoms with Crippen LogP contribution in [0.3, 0.4) is 0 Å². The van der Waals surface area contributed by atoms with Gasteiger partial charge in [0.15, 0.2) is 0 Å². The molecule has 104 valence electrons. The molecular weight excluding hydrogens is 258 g/mol. The van der Waals surface area contributed by atoms with E-state index in [0.717, 1.165) is 11.3 Å². The Kier molecular flexibility index (Phi) is 2.44. The SMILES string of the molecule is CC1=C[C@]2(Nc3cccc(C)c3O2)C(C(N)=O)=C(N)O1. The number of amides is 1. The average molecular weight is 273 g/mol. The number of carbonyl (C=O) groups excluding carboxylic acids is 1. The van der Waals surface area contributed by atoms with Crippen LogP contribution in [0, 0.1) is 6.92 Å². The van der Waals surface area contributed by atoms with Crippen molar-refractivity contribution in [3.8, 4) is 5.75 Å². The molecule has 0 fully saturated rings. The van der Waals surface area contributed by atoms with Crippen molar-refractivity contribution < 1.29 is 14.3 Å². The molecule has 1 atom stereocenters. The summed E-state index contributed by atoms with van der Waals surface area (Å²) in [6.07, 6.45) is 1.66. The predicted molar refractivity (Wildman–Crippen MR) is 73.4 cm³/mol. The van der Waals surface area contributed by atoms with Crippen molar-refractivity contribution in [3.63, 3.8) is 0 Å². The standard InChI is InChI=1S/C14H15N3O3/c1-7-4-3-5-9-11(7)20-14(17-9)6-8(2)19-13(16)10(14)12(15)18/h3-6,17H,16H2,1-2H3,(H2,15,18)/t14-/m1/s1. The number of carbonyl (C=O) groups is 1. The predicted octanol–water partition coefficient (Wildman–Crippen LogP) is 1.09. The Labute approximate surface area is 116 Å². The average Bonchev–Trinajstić information content (AvgIpc) is 2.66. The summed E-state index contributed by atoms with van der Waals surface area (Å²) in [4.78, 5) is 11.7. The molecule has 0 aliphatic carbocycles. The molecule has 6 nitrogen and oxygen atoms in total. The monoisotopic (exact) mass is 273 g/mol. The molecule has 0 bridgehead atoms. The smallest absolute Gasteiger partial charge is 0.256 e. The normalized spacial score (nSPS) is 23.6. The quantitative estimate of drug-likeness (QED) is 0.711. The zero-order valence-electron chi connectivity index (χ0n) is 11.2. The number of nitrogens with two attached hydrogens (primary N) is 2. The summed E-state index contributed by atoms with van der Waals surface area (Å²) in [5.41, 5.74) is 11.8. The van der Waals surface area contributed by atoms with E-state index in [0.29, 0.717) is 11.5 Å². The first-order valence-electron chi connectivity index (χ1n) is 6.17. The third-order valence-electron chi connectivity index (χ3n) is 3.34. The van der Waals surface area contributed by atoms with Crippen molar-refractivity contribution in [2.75, 3.05) is 5.32 Å². The molecule has 20 heavy (non-hydrogen) atoms. The van der Waals surface area contributed by atoms with Crippen molar-refractivity contribution in [1.82, 2.24) is 0 Å². The highest BCUT2D eigenvalue weighted by Crippen LogP contribution is 2.44. The lowest BCUT2D eigenvalue weighted by Crippen LogP contribution is -2.48. The zero-order chi connectivity index (χ0) is 14.5. The van der Waals surface area contributed by atoms with Crippen molar-refractivity contribution in [3.05, 3.63) is 47.1 Å². The van der Waals surface area contributed by atoms with Crippen LogP contribution in [-0.2, 0) is 9.53 Å². The molecule has 5 N–H and O–H groups in total. The first kappa shape index (κ1) is 12.4. The third-order valence-corrected chi connectivity index (χ3v) is 3.34. The number of primary amides is 1. The molecule has 1 aromatic carbocycles. The lowest BCUT2D eigenvalue weighted by Gasteiger charge is -2.31. The van der Waals surface area contributed by atoms with Crippen molar-refractivity contribution in [1.29, 1.82) is 0 Å². The van der Waals surface area contributed by atoms with Crippen LogP contribution in [0.15, 0.2) is 41.5 Å². The Hall–Kier alpha value is -2.63. The minimum absolute atomic E-state index is 0.0459. The highest BCUT2D eigenvalue weighted by atomic mass is 16.5. The number of rotatable bonds is 1. The van der Waals surface area contributed by atoms with E-state index < -0.39 is 11.6 Å². The van der Waals surface area contributed by atoms with E-state index in [4.69, 9.17) is 20.9 Å². The Morgan fingerprint density at radius 1 is 1.35 bits per heavy atom. The van der Waals surface area contributed by atoms with Crippen LogP contribution in [0.25, 0.3) is 0 Å². The number of hydrogen-bond acceptors (Lipinski definition) is 5. The number of para-hydroxylation sites is 1. The van der Waals surface area contributed by atoms with Crippen molar-refractivity contribution >= 4 is 11.6 Å². The summed E-state index contributed by atoms with van der Waals surface area (Å²) in [7, 11) is 0. The lowest BCUT2D eigenvalue weighted by atomic mass is 10.00. The molecule has 0 aromatic heterocycles. The van der Waals surface area contributed by atoms with Crippen LogP contribution in [0.4, 0.5) is 5.69 Å².